The van der Waals surface area contributed by atoms with Crippen molar-refractivity contribution < 1.29 is 26.4 Å². The molecule has 0 N–H and O–H groups in total. The van der Waals surface area contributed by atoms with Gasteiger partial charge in [0.05, 0.1) is 4.90 Å². The molecule has 0 saturated carbocycles. The Balaban J connectivity index is 1.56. The largest absolute Gasteiger partial charge is 0.486 e. The molecule has 0 unspecified atom stereocenters. The molecule has 13 heteroatoms. The van der Waals surface area contributed by atoms with E-state index in [0.29, 0.717) is 29.4 Å². The van der Waals surface area contributed by atoms with E-state index in [1.165, 1.54) is 23.9 Å². The average molecular weight is 544 g/mol. The van der Waals surface area contributed by atoms with Gasteiger partial charge in [-0.15, -0.1) is 0 Å². The van der Waals surface area contributed by atoms with Crippen LogP contribution in [0.3, 0.4) is 0 Å². The number of aromatic nitrogens is 2. The van der Waals surface area contributed by atoms with E-state index in [4.69, 9.17) is 0 Å². The van der Waals surface area contributed by atoms with Gasteiger partial charge in [0.1, 0.15) is 18.0 Å². The highest BCUT2D eigenvalue weighted by molar-refractivity contribution is 8.14. The van der Waals surface area contributed by atoms with Gasteiger partial charge in [-0.05, 0) is 43.0 Å². The van der Waals surface area contributed by atoms with E-state index < -0.39 is 22.2 Å². The van der Waals surface area contributed by atoms with Gasteiger partial charge in [0.2, 0.25) is 0 Å². The van der Waals surface area contributed by atoms with Crippen molar-refractivity contribution in [3.63, 3.8) is 0 Å². The quantitative estimate of drug-likeness (QED) is 0.505. The van der Waals surface area contributed by atoms with E-state index in [9.17, 15) is 26.4 Å². The molecule has 0 radical (unpaired) electrons. The molecule has 1 aromatic heterocycles. The maximum absolute atomic E-state index is 14.2. The SMILES string of the molecule is CC(C)SC(=O)N1CCC(N(c2cc(N3CCc4cc(S(C)(=O)=O)ccc43)ncn2)C(F)(F)F)CC1. The molecule has 1 fully saturated rings. The molecule has 0 atom stereocenters. The molecule has 0 spiro atoms. The van der Waals surface area contributed by atoms with Gasteiger partial charge < -0.3 is 9.80 Å². The van der Waals surface area contributed by atoms with Gasteiger partial charge in [-0.3, -0.25) is 9.69 Å². The number of fused-ring (bicyclic) bond motifs is 1. The lowest BCUT2D eigenvalue weighted by atomic mass is 10.0. The minimum absolute atomic E-state index is 0.106. The molecule has 196 valence electrons. The molecule has 4 rings (SSSR count). The number of likely N-dealkylation sites (tertiary alicyclic amines) is 1. The van der Waals surface area contributed by atoms with E-state index in [-0.39, 0.29) is 47.1 Å². The zero-order valence-electron chi connectivity index (χ0n) is 20.2. The first kappa shape index (κ1) is 26.5. The lowest BCUT2D eigenvalue weighted by Gasteiger charge is -2.39. The number of benzene rings is 1. The number of nitrogens with zero attached hydrogens (tertiary/aromatic N) is 5. The van der Waals surface area contributed by atoms with Crippen molar-refractivity contribution in [1.29, 1.82) is 0 Å². The van der Waals surface area contributed by atoms with Crippen LogP contribution >= 0.6 is 11.8 Å². The summed E-state index contributed by atoms with van der Waals surface area (Å²) in [7, 11) is -3.37. The van der Waals surface area contributed by atoms with Gasteiger partial charge in [-0.2, -0.15) is 13.2 Å². The Hall–Kier alpha value is -2.54. The first-order chi connectivity index (χ1) is 16.8. The van der Waals surface area contributed by atoms with Crippen LogP contribution in [0.15, 0.2) is 35.5 Å². The predicted octanol–water partition coefficient (Wildman–Crippen LogP) is 4.63. The predicted molar refractivity (Wildman–Crippen MR) is 134 cm³/mol. The van der Waals surface area contributed by atoms with E-state index in [0.717, 1.165) is 18.1 Å². The summed E-state index contributed by atoms with van der Waals surface area (Å²) in [5, 5.41) is -0.00641. The molecule has 2 aromatic rings. The van der Waals surface area contributed by atoms with E-state index in [2.05, 4.69) is 9.97 Å². The number of anilines is 3. The summed E-state index contributed by atoms with van der Waals surface area (Å²) in [5.41, 5.74) is 1.50. The lowest BCUT2D eigenvalue weighted by molar-refractivity contribution is -0.137. The fourth-order valence-corrected chi connectivity index (χ4v) is 5.98. The normalized spacial score (nSPS) is 17.0. The Morgan fingerprint density at radius 3 is 2.44 bits per heavy atom. The van der Waals surface area contributed by atoms with Crippen LogP contribution in [0.4, 0.5) is 35.3 Å². The zero-order valence-corrected chi connectivity index (χ0v) is 21.8. The zero-order chi connectivity index (χ0) is 26.3. The van der Waals surface area contributed by atoms with Gasteiger partial charge in [0.25, 0.3) is 5.24 Å². The molecule has 0 bridgehead atoms. The molecule has 3 heterocycles. The van der Waals surface area contributed by atoms with Crippen LogP contribution in [-0.4, -0.2) is 72.0 Å². The summed E-state index contributed by atoms with van der Waals surface area (Å²) in [6.45, 7) is 4.75. The van der Waals surface area contributed by atoms with Crippen LogP contribution in [0.5, 0.6) is 0 Å². The highest BCUT2D eigenvalue weighted by Crippen LogP contribution is 2.38. The number of thioether (sulfide) groups is 1. The Kier molecular flexibility index (Phi) is 7.42. The Bertz CT molecular complexity index is 1230. The third kappa shape index (κ3) is 5.72. The van der Waals surface area contributed by atoms with Crippen LogP contribution in [0.1, 0.15) is 32.3 Å². The molecule has 1 aromatic carbocycles. The summed E-state index contributed by atoms with van der Waals surface area (Å²) in [5.74, 6) is 0.0519. The number of hydrogen-bond acceptors (Lipinski definition) is 8. The summed E-state index contributed by atoms with van der Waals surface area (Å²) in [6, 6.07) is 5.21. The van der Waals surface area contributed by atoms with Gasteiger partial charge >= 0.3 is 6.30 Å². The van der Waals surface area contributed by atoms with Crippen molar-refractivity contribution >= 4 is 44.2 Å². The number of halogens is 3. The third-order valence-corrected chi connectivity index (χ3v) is 8.28. The van der Waals surface area contributed by atoms with Crippen LogP contribution in [0.2, 0.25) is 0 Å². The van der Waals surface area contributed by atoms with Gasteiger partial charge in [0.15, 0.2) is 9.84 Å². The monoisotopic (exact) mass is 543 g/mol. The highest BCUT2D eigenvalue weighted by atomic mass is 32.2. The Morgan fingerprint density at radius 1 is 1.14 bits per heavy atom. The topological polar surface area (TPSA) is 86.7 Å². The van der Waals surface area contributed by atoms with Crippen molar-refractivity contribution in [2.75, 3.05) is 35.7 Å². The van der Waals surface area contributed by atoms with Crippen molar-refractivity contribution in [3.05, 3.63) is 36.2 Å². The number of sulfone groups is 1. The minimum atomic E-state index is -4.66. The first-order valence-corrected chi connectivity index (χ1v) is 14.4. The van der Waals surface area contributed by atoms with Crippen molar-refractivity contribution in [2.45, 2.75) is 55.6 Å². The van der Waals surface area contributed by atoms with Crippen LogP contribution < -0.4 is 9.80 Å². The van der Waals surface area contributed by atoms with Crippen molar-refractivity contribution in [2.24, 2.45) is 0 Å². The Morgan fingerprint density at radius 2 is 1.83 bits per heavy atom. The lowest BCUT2D eigenvalue weighted by Crippen LogP contribution is -2.52. The fraction of sp³-hybridized carbons (Fsp3) is 0.522. The molecule has 0 aliphatic carbocycles. The van der Waals surface area contributed by atoms with E-state index >= 15 is 0 Å². The number of carbonyl (C=O) groups is 1. The first-order valence-electron chi connectivity index (χ1n) is 11.6. The summed E-state index contributed by atoms with van der Waals surface area (Å²) < 4.78 is 66.5. The van der Waals surface area contributed by atoms with E-state index in [1.54, 1.807) is 21.9 Å². The number of rotatable bonds is 5. The molecular formula is C23H28F3N5O3S2. The molecule has 2 aliphatic rings. The molecule has 8 nitrogen and oxygen atoms in total. The van der Waals surface area contributed by atoms with Crippen molar-refractivity contribution in [3.8, 4) is 0 Å². The number of carbonyl (C=O) groups excluding carboxylic acids is 1. The van der Waals surface area contributed by atoms with Crippen LogP contribution in [0.25, 0.3) is 0 Å². The van der Waals surface area contributed by atoms with Crippen LogP contribution in [0, 0.1) is 0 Å². The number of alkyl halides is 3. The molecule has 1 saturated heterocycles. The van der Waals surface area contributed by atoms with Gasteiger partial charge in [-0.1, -0.05) is 25.6 Å². The smallest absolute Gasteiger partial charge is 0.333 e. The van der Waals surface area contributed by atoms with E-state index in [1.807, 2.05) is 13.8 Å². The Labute approximate surface area is 212 Å². The summed E-state index contributed by atoms with van der Waals surface area (Å²) >= 11 is 1.18. The number of piperidine rings is 1. The summed E-state index contributed by atoms with van der Waals surface area (Å²) in [6.07, 6.45) is -1.53. The second-order valence-corrected chi connectivity index (χ2v) is 12.7. The number of hydrogen-bond donors (Lipinski definition) is 0. The van der Waals surface area contributed by atoms with Crippen LogP contribution in [-0.2, 0) is 16.3 Å². The molecule has 36 heavy (non-hydrogen) atoms. The molecule has 2 aliphatic heterocycles. The molecular weight excluding hydrogens is 515 g/mol. The fourth-order valence-electron chi connectivity index (χ4n) is 4.57. The maximum atomic E-state index is 14.2. The number of amides is 1. The maximum Gasteiger partial charge on any atom is 0.486 e. The average Bonchev–Trinajstić information content (AvgIpc) is 3.21. The summed E-state index contributed by atoms with van der Waals surface area (Å²) in [4.78, 5) is 24.4. The highest BCUT2D eigenvalue weighted by Gasteiger charge is 2.44. The van der Waals surface area contributed by atoms with Gasteiger partial charge in [0, 0.05) is 48.9 Å². The molecule has 1 amide bonds. The second kappa shape index (κ2) is 10.1. The minimum Gasteiger partial charge on any atom is -0.333 e. The standard InChI is InChI=1S/C23H28F3N5O3S2/c1-15(2)35-22(32)29-9-7-17(8-10-29)31(23(24,25)26)21-13-20(27-14-28-21)30-11-6-16-12-18(36(3,33)34)4-5-19(16)30/h4-5,12-15,17H,6-11H2,1-3H3. The second-order valence-electron chi connectivity index (χ2n) is 9.19. The third-order valence-electron chi connectivity index (χ3n) is 6.23. The van der Waals surface area contributed by atoms with Gasteiger partial charge in [-0.25, -0.2) is 18.4 Å². The van der Waals surface area contributed by atoms with Crippen molar-refractivity contribution in [1.82, 2.24) is 14.9 Å².